The zero-order valence-electron chi connectivity index (χ0n) is 18.8. The number of hydrogen-bond acceptors (Lipinski definition) is 6. The van der Waals surface area contributed by atoms with E-state index in [9.17, 15) is 31.6 Å². The van der Waals surface area contributed by atoms with E-state index in [4.69, 9.17) is 4.74 Å². The minimum atomic E-state index is -4.12. The van der Waals surface area contributed by atoms with E-state index in [0.717, 1.165) is 23.8 Å². The molecule has 13 heteroatoms. The Morgan fingerprint density at radius 2 is 2.00 bits per heavy atom. The summed E-state index contributed by atoms with van der Waals surface area (Å²) in [4.78, 5) is 16.6. The second-order valence-electron chi connectivity index (χ2n) is 8.98. The van der Waals surface area contributed by atoms with Gasteiger partial charge in [-0.3, -0.25) is 14.1 Å². The third kappa shape index (κ3) is 4.06. The Labute approximate surface area is 205 Å². The van der Waals surface area contributed by atoms with Gasteiger partial charge in [0.2, 0.25) is 5.82 Å². The van der Waals surface area contributed by atoms with Gasteiger partial charge in [0.25, 0.3) is 5.56 Å². The molecule has 1 spiro atoms. The molecule has 2 heterocycles. The average molecular weight is 522 g/mol. The fraction of sp³-hybridized carbons (Fsp3) is 0.348. The van der Waals surface area contributed by atoms with Gasteiger partial charge >= 0.3 is 10.2 Å². The molecule has 1 saturated carbocycles. The van der Waals surface area contributed by atoms with Crippen LogP contribution in [0.3, 0.4) is 0 Å². The number of alkyl halides is 1. The van der Waals surface area contributed by atoms with E-state index in [1.165, 1.54) is 28.8 Å². The molecule has 3 aromatic rings. The number of anilines is 1. The van der Waals surface area contributed by atoms with Gasteiger partial charge in [-0.15, -0.1) is 0 Å². The maximum atomic E-state index is 14.7. The summed E-state index contributed by atoms with van der Waals surface area (Å²) in [5.74, 6) is -3.92. The van der Waals surface area contributed by atoms with Gasteiger partial charge in [-0.1, -0.05) is 6.42 Å². The van der Waals surface area contributed by atoms with Gasteiger partial charge in [-0.05, 0) is 36.5 Å². The van der Waals surface area contributed by atoms with Gasteiger partial charge in [0.1, 0.15) is 24.1 Å². The summed E-state index contributed by atoms with van der Waals surface area (Å²) < 4.78 is 77.4. The lowest BCUT2D eigenvalue weighted by atomic mass is 9.65. The van der Waals surface area contributed by atoms with Crippen molar-refractivity contribution in [2.75, 3.05) is 24.5 Å². The first-order chi connectivity index (χ1) is 17.2. The van der Waals surface area contributed by atoms with Gasteiger partial charge in [-0.25, -0.2) is 13.8 Å². The van der Waals surface area contributed by atoms with E-state index < -0.39 is 51.1 Å². The molecule has 1 aromatic heterocycles. The Balaban J connectivity index is 0.00000320. The number of benzene rings is 2. The van der Waals surface area contributed by atoms with Crippen LogP contribution in [-0.2, 0) is 16.8 Å². The molecule has 1 aliphatic heterocycles. The Morgan fingerprint density at radius 3 is 2.64 bits per heavy atom. The molecule has 2 aromatic carbocycles. The monoisotopic (exact) mass is 521 g/mol. The summed E-state index contributed by atoms with van der Waals surface area (Å²) in [6.07, 6.45) is 4.10. The van der Waals surface area contributed by atoms with Crippen molar-refractivity contribution in [3.05, 3.63) is 58.1 Å². The second kappa shape index (κ2) is 8.79. The van der Waals surface area contributed by atoms with Gasteiger partial charge in [-0.2, -0.15) is 22.4 Å². The van der Waals surface area contributed by atoms with Gasteiger partial charge in [0, 0.05) is 20.6 Å². The van der Waals surface area contributed by atoms with Crippen LogP contribution >= 0.6 is 0 Å². The van der Waals surface area contributed by atoms with E-state index >= 15 is 0 Å². The van der Waals surface area contributed by atoms with E-state index in [-0.39, 0.29) is 30.0 Å². The van der Waals surface area contributed by atoms with Crippen LogP contribution in [0, 0.1) is 28.4 Å². The van der Waals surface area contributed by atoms with Crippen molar-refractivity contribution in [2.24, 2.45) is 5.41 Å². The van der Waals surface area contributed by atoms with Gasteiger partial charge in [0.05, 0.1) is 29.5 Å². The molecule has 0 atom stereocenters. The maximum Gasteiger partial charge on any atom is 0.301 e. The summed E-state index contributed by atoms with van der Waals surface area (Å²) in [5, 5.41) is 9.70. The molecule has 5 rings (SSSR count). The number of aryl methyl sites for hydroxylation is 1. The third-order valence-electron chi connectivity index (χ3n) is 6.65. The summed E-state index contributed by atoms with van der Waals surface area (Å²) >= 11 is 0. The molecule has 0 amide bonds. The lowest BCUT2D eigenvalue weighted by Gasteiger charge is -2.54. The number of nitrogens with one attached hydrogen (secondary N) is 1. The van der Waals surface area contributed by atoms with Crippen LogP contribution < -0.4 is 15.0 Å². The Morgan fingerprint density at radius 1 is 1.25 bits per heavy atom. The number of halogens is 3. The fourth-order valence-electron chi connectivity index (χ4n) is 4.53. The van der Waals surface area contributed by atoms with Crippen LogP contribution in [0.15, 0.2) is 35.4 Å². The number of hydrogen-bond donors (Lipinski definition) is 1. The number of fused-ring (bicyclic) bond motifs is 1. The first kappa shape index (κ1) is 24.1. The van der Waals surface area contributed by atoms with Crippen molar-refractivity contribution in [3.63, 3.8) is 0 Å². The molecular weight excluding hydrogens is 499 g/mol. The van der Waals surface area contributed by atoms with E-state index in [0.29, 0.717) is 19.2 Å². The van der Waals surface area contributed by atoms with Crippen molar-refractivity contribution in [2.45, 2.75) is 25.8 Å². The first-order valence-electron chi connectivity index (χ1n) is 11.1. The minimum Gasteiger partial charge on any atom is -0.453 e. The lowest BCUT2D eigenvalue weighted by molar-refractivity contribution is -0.00752. The highest BCUT2D eigenvalue weighted by Gasteiger charge is 2.51. The van der Waals surface area contributed by atoms with E-state index in [1.54, 1.807) is 6.07 Å². The van der Waals surface area contributed by atoms with Crippen LogP contribution in [-0.4, -0.2) is 42.0 Å². The molecule has 1 aliphatic carbocycles. The summed E-state index contributed by atoms with van der Waals surface area (Å²) in [6, 6.07) is 6.16. The normalized spacial score (nSPS) is 16.8. The smallest absolute Gasteiger partial charge is 0.301 e. The SMILES string of the molecule is N#Cc1c(NS(=O)(=O)N2CC3(CCC3)C2)cc(F)c(F)c1Oc1ccc2ncn(CCF)c(=O)c2c1.[HH]. The quantitative estimate of drug-likeness (QED) is 0.507. The third-order valence-corrected chi connectivity index (χ3v) is 8.06. The molecule has 2 aliphatic rings. The Kier molecular flexibility index (Phi) is 5.88. The Hall–Kier alpha value is -3.63. The second-order valence-corrected chi connectivity index (χ2v) is 10.6. The molecule has 1 saturated heterocycles. The van der Waals surface area contributed by atoms with Crippen LogP contribution in [0.25, 0.3) is 10.9 Å². The molecule has 1 N–H and O–H groups in total. The molecule has 2 fully saturated rings. The standard InChI is InChI=1S/C23H20F3N5O4S.H2/c24-6-7-30-13-28-18-3-2-14(8-15(18)22(30)32)35-21-16(10-27)19(9-17(25)20(21)26)29-36(33,34)31-11-23(12-31)4-1-5-23;/h2-3,8-9,13,29H,1,4-7,11-12H2;1H. The highest BCUT2D eigenvalue weighted by atomic mass is 32.2. The first-order valence-corrected chi connectivity index (χ1v) is 12.5. The summed E-state index contributed by atoms with van der Waals surface area (Å²) in [7, 11) is -4.12. The maximum absolute atomic E-state index is 14.7. The molecule has 9 nitrogen and oxygen atoms in total. The largest absolute Gasteiger partial charge is 0.453 e. The highest BCUT2D eigenvalue weighted by molar-refractivity contribution is 7.90. The topological polar surface area (TPSA) is 117 Å². The lowest BCUT2D eigenvalue weighted by Crippen LogP contribution is -2.62. The van der Waals surface area contributed by atoms with Crippen molar-refractivity contribution in [3.8, 4) is 17.6 Å². The number of aromatic nitrogens is 2. The predicted molar refractivity (Wildman–Crippen MR) is 126 cm³/mol. The minimum absolute atomic E-state index is 0. The van der Waals surface area contributed by atoms with Gasteiger partial charge in [0.15, 0.2) is 11.6 Å². The Bertz CT molecular complexity index is 1580. The highest BCUT2D eigenvalue weighted by Crippen LogP contribution is 2.49. The van der Waals surface area contributed by atoms with Gasteiger partial charge < -0.3 is 4.74 Å². The number of nitriles is 1. The molecule has 36 heavy (non-hydrogen) atoms. The van der Waals surface area contributed by atoms with E-state index in [2.05, 4.69) is 9.71 Å². The number of nitrogens with zero attached hydrogens (tertiary/aromatic N) is 4. The number of ether oxygens (including phenoxy) is 1. The van der Waals surface area contributed by atoms with Crippen LogP contribution in [0.1, 0.15) is 26.3 Å². The van der Waals surface area contributed by atoms with Crippen LogP contribution in [0.2, 0.25) is 0 Å². The van der Waals surface area contributed by atoms with Crippen LogP contribution in [0.5, 0.6) is 11.5 Å². The van der Waals surface area contributed by atoms with Crippen molar-refractivity contribution >= 4 is 26.8 Å². The molecular formula is C23H22F3N5O4S. The predicted octanol–water partition coefficient (Wildman–Crippen LogP) is 3.70. The average Bonchev–Trinajstić information content (AvgIpc) is 2.77. The van der Waals surface area contributed by atoms with Crippen molar-refractivity contribution in [1.29, 1.82) is 5.26 Å². The van der Waals surface area contributed by atoms with Crippen LogP contribution in [0.4, 0.5) is 18.9 Å². The fourth-order valence-corrected chi connectivity index (χ4v) is 5.98. The molecule has 190 valence electrons. The van der Waals surface area contributed by atoms with Crippen molar-refractivity contribution < 1.29 is 27.8 Å². The molecule has 0 bridgehead atoms. The molecule has 0 radical (unpaired) electrons. The van der Waals surface area contributed by atoms with Crippen molar-refractivity contribution in [1.82, 2.24) is 13.9 Å². The summed E-state index contributed by atoms with van der Waals surface area (Å²) in [5.41, 5.74) is -1.38. The zero-order chi connectivity index (χ0) is 25.7. The zero-order valence-corrected chi connectivity index (χ0v) is 19.6. The van der Waals surface area contributed by atoms with E-state index in [1.807, 2.05) is 0 Å². The summed E-state index contributed by atoms with van der Waals surface area (Å²) in [6.45, 7) is -0.364. The number of rotatable bonds is 7. The molecule has 0 unspecified atom stereocenters.